The lowest BCUT2D eigenvalue weighted by Gasteiger charge is -2.10. The van der Waals surface area contributed by atoms with Gasteiger partial charge in [-0.1, -0.05) is 90.4 Å². The first-order valence-electron chi connectivity index (χ1n) is 10.5. The van der Waals surface area contributed by atoms with Crippen molar-refractivity contribution in [1.82, 2.24) is 0 Å². The van der Waals surface area contributed by atoms with Crippen LogP contribution in [-0.4, -0.2) is 24.3 Å². The Balaban J connectivity index is 3.13. The van der Waals surface area contributed by atoms with Crippen molar-refractivity contribution >= 4 is 5.97 Å². The quantitative estimate of drug-likeness (QED) is 0.239. The van der Waals surface area contributed by atoms with Gasteiger partial charge in [0.05, 0.1) is 13.2 Å². The maximum Gasteiger partial charge on any atom is 0.305 e. The highest BCUT2D eigenvalue weighted by atomic mass is 16.5. The SMILES string of the molecule is CCCCCC[C@H](O)CCCCCCCCCCCCC(=O)OC. The third-order valence-corrected chi connectivity index (χ3v) is 4.79. The monoisotopic (exact) mass is 342 g/mol. The van der Waals surface area contributed by atoms with Gasteiger partial charge in [0, 0.05) is 6.42 Å². The molecule has 3 nitrogen and oxygen atoms in total. The number of aliphatic hydroxyl groups excluding tert-OH is 1. The molecule has 0 bridgehead atoms. The second-order valence-corrected chi connectivity index (χ2v) is 7.15. The number of hydrogen-bond acceptors (Lipinski definition) is 3. The Morgan fingerprint density at radius 2 is 1.17 bits per heavy atom. The molecular weight excluding hydrogens is 300 g/mol. The van der Waals surface area contributed by atoms with Crippen LogP contribution in [0.25, 0.3) is 0 Å². The Labute approximate surface area is 150 Å². The van der Waals surface area contributed by atoms with E-state index in [0.717, 1.165) is 25.7 Å². The zero-order valence-electron chi connectivity index (χ0n) is 16.4. The zero-order valence-corrected chi connectivity index (χ0v) is 16.4. The van der Waals surface area contributed by atoms with E-state index < -0.39 is 0 Å². The molecule has 144 valence electrons. The largest absolute Gasteiger partial charge is 0.469 e. The van der Waals surface area contributed by atoms with Gasteiger partial charge in [-0.3, -0.25) is 4.79 Å². The Morgan fingerprint density at radius 3 is 1.62 bits per heavy atom. The van der Waals surface area contributed by atoms with Crippen LogP contribution >= 0.6 is 0 Å². The Bertz CT molecular complexity index is 266. The van der Waals surface area contributed by atoms with Gasteiger partial charge in [0.25, 0.3) is 0 Å². The van der Waals surface area contributed by atoms with Gasteiger partial charge in [0.1, 0.15) is 0 Å². The normalized spacial score (nSPS) is 12.3. The summed E-state index contributed by atoms with van der Waals surface area (Å²) in [6.07, 6.45) is 19.9. The Hall–Kier alpha value is -0.570. The molecule has 0 amide bonds. The minimum atomic E-state index is -0.0823. The van der Waals surface area contributed by atoms with Gasteiger partial charge in [0.15, 0.2) is 0 Å². The Morgan fingerprint density at radius 1 is 0.750 bits per heavy atom. The fourth-order valence-electron chi connectivity index (χ4n) is 3.12. The van der Waals surface area contributed by atoms with Crippen LogP contribution in [-0.2, 0) is 9.53 Å². The molecule has 0 saturated carbocycles. The second-order valence-electron chi connectivity index (χ2n) is 7.15. The first-order chi connectivity index (χ1) is 11.7. The molecule has 1 N–H and O–H groups in total. The number of carbonyl (C=O) groups excluding carboxylic acids is 1. The van der Waals surface area contributed by atoms with Crippen molar-refractivity contribution in [3.8, 4) is 0 Å². The van der Waals surface area contributed by atoms with Crippen LogP contribution in [0.2, 0.25) is 0 Å². The summed E-state index contributed by atoms with van der Waals surface area (Å²) in [7, 11) is 1.46. The summed E-state index contributed by atoms with van der Waals surface area (Å²) in [6.45, 7) is 2.22. The van der Waals surface area contributed by atoms with Crippen LogP contribution in [0, 0.1) is 0 Å². The summed E-state index contributed by atoms with van der Waals surface area (Å²) in [5.74, 6) is -0.0823. The number of hydrogen-bond donors (Lipinski definition) is 1. The van der Waals surface area contributed by atoms with Crippen molar-refractivity contribution in [2.45, 2.75) is 122 Å². The minimum absolute atomic E-state index is 0.0631. The van der Waals surface area contributed by atoms with E-state index in [1.807, 2.05) is 0 Å². The topological polar surface area (TPSA) is 46.5 Å². The molecule has 0 radical (unpaired) electrons. The van der Waals surface area contributed by atoms with Crippen LogP contribution in [0.15, 0.2) is 0 Å². The lowest BCUT2D eigenvalue weighted by molar-refractivity contribution is -0.140. The number of methoxy groups -OCH3 is 1. The van der Waals surface area contributed by atoms with Crippen LogP contribution < -0.4 is 0 Å². The molecule has 0 aliphatic rings. The number of ether oxygens (including phenoxy) is 1. The van der Waals surface area contributed by atoms with E-state index in [0.29, 0.717) is 6.42 Å². The first-order valence-corrected chi connectivity index (χ1v) is 10.5. The predicted molar refractivity (Wildman–Crippen MR) is 102 cm³/mol. The van der Waals surface area contributed by atoms with Gasteiger partial charge in [0.2, 0.25) is 0 Å². The molecule has 0 aliphatic carbocycles. The number of rotatable bonds is 18. The summed E-state index contributed by atoms with van der Waals surface area (Å²) in [5, 5.41) is 9.91. The molecule has 0 rings (SSSR count). The van der Waals surface area contributed by atoms with Gasteiger partial charge in [-0.2, -0.15) is 0 Å². The van der Waals surface area contributed by atoms with E-state index in [2.05, 4.69) is 11.7 Å². The summed E-state index contributed by atoms with van der Waals surface area (Å²) in [5.41, 5.74) is 0. The zero-order chi connectivity index (χ0) is 17.9. The van der Waals surface area contributed by atoms with Gasteiger partial charge < -0.3 is 9.84 Å². The van der Waals surface area contributed by atoms with Crippen molar-refractivity contribution in [1.29, 1.82) is 0 Å². The van der Waals surface area contributed by atoms with Crippen LogP contribution in [0.1, 0.15) is 116 Å². The standard InChI is InChI=1S/C21H42O3/c1-3-4-5-14-17-20(22)18-15-12-10-8-6-7-9-11-13-16-19-21(23)24-2/h20,22H,3-19H2,1-2H3/t20-/m0/s1. The van der Waals surface area contributed by atoms with Crippen molar-refractivity contribution in [3.05, 3.63) is 0 Å². The molecule has 0 saturated heterocycles. The molecule has 24 heavy (non-hydrogen) atoms. The van der Waals surface area contributed by atoms with Crippen LogP contribution in [0.5, 0.6) is 0 Å². The van der Waals surface area contributed by atoms with E-state index in [1.165, 1.54) is 84.2 Å². The van der Waals surface area contributed by atoms with E-state index >= 15 is 0 Å². The summed E-state index contributed by atoms with van der Waals surface area (Å²) in [4.78, 5) is 11.0. The number of aliphatic hydroxyl groups is 1. The first kappa shape index (κ1) is 23.4. The third-order valence-electron chi connectivity index (χ3n) is 4.79. The molecule has 1 atom stereocenters. The molecule has 3 heteroatoms. The summed E-state index contributed by atoms with van der Waals surface area (Å²) in [6, 6.07) is 0. The molecule has 0 unspecified atom stereocenters. The van der Waals surface area contributed by atoms with Gasteiger partial charge in [-0.15, -0.1) is 0 Å². The van der Waals surface area contributed by atoms with Crippen molar-refractivity contribution < 1.29 is 14.6 Å². The number of esters is 1. The highest BCUT2D eigenvalue weighted by molar-refractivity contribution is 5.68. The van der Waals surface area contributed by atoms with Crippen molar-refractivity contribution in [2.75, 3.05) is 7.11 Å². The van der Waals surface area contributed by atoms with Gasteiger partial charge >= 0.3 is 5.97 Å². The smallest absolute Gasteiger partial charge is 0.305 e. The molecule has 0 aliphatic heterocycles. The van der Waals surface area contributed by atoms with Crippen LogP contribution in [0.3, 0.4) is 0 Å². The number of carbonyl (C=O) groups is 1. The van der Waals surface area contributed by atoms with Crippen molar-refractivity contribution in [2.24, 2.45) is 0 Å². The maximum absolute atomic E-state index is 11.0. The molecule has 0 aromatic carbocycles. The second kappa shape index (κ2) is 18.8. The molecule has 0 heterocycles. The molecule has 0 fully saturated rings. The fraction of sp³-hybridized carbons (Fsp3) is 0.952. The van der Waals surface area contributed by atoms with Crippen molar-refractivity contribution in [3.63, 3.8) is 0 Å². The predicted octanol–water partition coefficient (Wildman–Crippen LogP) is 6.17. The van der Waals surface area contributed by atoms with Gasteiger partial charge in [-0.05, 0) is 19.3 Å². The maximum atomic E-state index is 11.0. The minimum Gasteiger partial charge on any atom is -0.469 e. The highest BCUT2D eigenvalue weighted by Crippen LogP contribution is 2.14. The number of unbranched alkanes of at least 4 members (excludes halogenated alkanes) is 12. The molecule has 0 aromatic rings. The third kappa shape index (κ3) is 17.8. The fourth-order valence-corrected chi connectivity index (χ4v) is 3.12. The molecule has 0 spiro atoms. The van der Waals surface area contributed by atoms with Gasteiger partial charge in [-0.25, -0.2) is 0 Å². The summed E-state index contributed by atoms with van der Waals surface area (Å²) < 4.78 is 4.63. The average Bonchev–Trinajstić information content (AvgIpc) is 2.59. The van der Waals surface area contributed by atoms with E-state index in [1.54, 1.807) is 0 Å². The molecular formula is C21H42O3. The van der Waals surface area contributed by atoms with E-state index in [-0.39, 0.29) is 12.1 Å². The average molecular weight is 343 g/mol. The molecule has 0 aromatic heterocycles. The lowest BCUT2D eigenvalue weighted by Crippen LogP contribution is -2.05. The van der Waals surface area contributed by atoms with E-state index in [4.69, 9.17) is 0 Å². The summed E-state index contributed by atoms with van der Waals surface area (Å²) >= 11 is 0. The lowest BCUT2D eigenvalue weighted by atomic mass is 10.0. The highest BCUT2D eigenvalue weighted by Gasteiger charge is 2.03. The van der Waals surface area contributed by atoms with E-state index in [9.17, 15) is 9.90 Å². The Kier molecular flexibility index (Phi) is 18.3. The van der Waals surface area contributed by atoms with Crippen LogP contribution in [0.4, 0.5) is 0 Å².